The van der Waals surface area contributed by atoms with Crippen molar-refractivity contribution in [2.75, 3.05) is 0 Å². The molecule has 2 rings (SSSR count). The van der Waals surface area contributed by atoms with Crippen LogP contribution in [0.1, 0.15) is 24.0 Å². The maximum absolute atomic E-state index is 11.9. The lowest BCUT2D eigenvalue weighted by Crippen LogP contribution is -2.18. The topological polar surface area (TPSA) is 58.5 Å². The van der Waals surface area contributed by atoms with Gasteiger partial charge in [-0.1, -0.05) is 56.1 Å². The molecular weight excluding hydrogens is 436 g/mol. The van der Waals surface area contributed by atoms with E-state index < -0.39 is 0 Å². The van der Waals surface area contributed by atoms with E-state index in [9.17, 15) is 9.59 Å². The number of halogens is 2. The van der Waals surface area contributed by atoms with E-state index in [0.717, 1.165) is 20.1 Å². The van der Waals surface area contributed by atoms with E-state index in [1.165, 1.54) is 0 Å². The molecule has 2 aromatic carbocycles. The fraction of sp³-hybridized carbons (Fsp3) is 0.167. The van der Waals surface area contributed by atoms with Crippen LogP contribution in [0.5, 0.6) is 0 Å². The average Bonchev–Trinajstić information content (AvgIpc) is 2.55. The van der Waals surface area contributed by atoms with Crippen LogP contribution in [0.25, 0.3) is 0 Å². The van der Waals surface area contributed by atoms with Crippen LogP contribution in [0.4, 0.5) is 0 Å². The minimum atomic E-state index is -0.273. The summed E-state index contributed by atoms with van der Waals surface area (Å²) in [5, 5.41) is 3.89. The van der Waals surface area contributed by atoms with Crippen molar-refractivity contribution >= 4 is 49.8 Å². The normalized spacial score (nSPS) is 10.8. The molecule has 0 aliphatic carbocycles. The lowest BCUT2D eigenvalue weighted by Gasteiger charge is -2.02. The molecule has 0 fully saturated rings. The molecule has 1 N–H and O–H groups in total. The van der Waals surface area contributed by atoms with Gasteiger partial charge in [-0.25, -0.2) is 5.43 Å². The molecule has 2 aromatic rings. The van der Waals surface area contributed by atoms with Crippen LogP contribution < -0.4 is 5.43 Å². The lowest BCUT2D eigenvalue weighted by atomic mass is 10.1. The van der Waals surface area contributed by atoms with Crippen molar-refractivity contribution in [1.82, 2.24) is 5.43 Å². The molecule has 4 nitrogen and oxygen atoms in total. The number of hydrogen-bond donors (Lipinski definition) is 1. The fourth-order valence-corrected chi connectivity index (χ4v) is 2.67. The molecule has 0 aliphatic rings. The van der Waals surface area contributed by atoms with Gasteiger partial charge in [0.15, 0.2) is 0 Å². The second-order valence-corrected chi connectivity index (χ2v) is 7.02. The summed E-state index contributed by atoms with van der Waals surface area (Å²) in [5.41, 5.74) is 4.25. The highest BCUT2D eigenvalue weighted by molar-refractivity contribution is 9.10. The molecular formula is C18H16Br2N2O2. The van der Waals surface area contributed by atoms with Gasteiger partial charge in [-0.2, -0.15) is 5.10 Å². The summed E-state index contributed by atoms with van der Waals surface area (Å²) in [6.07, 6.45) is 2.23. The van der Waals surface area contributed by atoms with Crippen LogP contribution >= 0.6 is 31.9 Å². The van der Waals surface area contributed by atoms with E-state index in [2.05, 4.69) is 42.4 Å². The second-order valence-electron chi connectivity index (χ2n) is 5.19. The summed E-state index contributed by atoms with van der Waals surface area (Å²) < 4.78 is 1.91. The molecule has 0 heterocycles. The van der Waals surface area contributed by atoms with Gasteiger partial charge in [-0.05, 0) is 35.4 Å². The van der Waals surface area contributed by atoms with Crippen LogP contribution in [-0.4, -0.2) is 17.9 Å². The summed E-state index contributed by atoms with van der Waals surface area (Å²) >= 11 is 6.72. The molecule has 0 spiro atoms. The summed E-state index contributed by atoms with van der Waals surface area (Å²) in [4.78, 5) is 23.6. The molecule has 0 atom stereocenters. The molecule has 24 heavy (non-hydrogen) atoms. The number of rotatable bonds is 7. The Balaban J connectivity index is 1.72. The first-order valence-corrected chi connectivity index (χ1v) is 8.95. The predicted molar refractivity (Wildman–Crippen MR) is 102 cm³/mol. The SMILES string of the molecule is O=C(CCC(=O)N/N=C/c1cccc(Br)c1)Cc1ccc(Br)cc1. The van der Waals surface area contributed by atoms with Crippen molar-refractivity contribution in [1.29, 1.82) is 0 Å². The van der Waals surface area contributed by atoms with Gasteiger partial charge in [0.25, 0.3) is 0 Å². The molecule has 6 heteroatoms. The Morgan fingerprint density at radius 1 is 1.00 bits per heavy atom. The molecule has 0 radical (unpaired) electrons. The number of hydrogen-bond acceptors (Lipinski definition) is 3. The van der Waals surface area contributed by atoms with E-state index in [0.29, 0.717) is 6.42 Å². The maximum Gasteiger partial charge on any atom is 0.240 e. The monoisotopic (exact) mass is 450 g/mol. The number of nitrogens with one attached hydrogen (secondary N) is 1. The average molecular weight is 452 g/mol. The summed E-state index contributed by atoms with van der Waals surface area (Å²) in [6.45, 7) is 0. The minimum Gasteiger partial charge on any atom is -0.299 e. The zero-order chi connectivity index (χ0) is 17.4. The Hall–Kier alpha value is -1.79. The van der Waals surface area contributed by atoms with Crippen LogP contribution in [0.2, 0.25) is 0 Å². The van der Waals surface area contributed by atoms with Crippen molar-refractivity contribution in [2.24, 2.45) is 5.10 Å². The fourth-order valence-electron chi connectivity index (χ4n) is 1.99. The lowest BCUT2D eigenvalue weighted by molar-refractivity contribution is -0.125. The molecule has 0 saturated carbocycles. The second kappa shape index (κ2) is 9.49. The smallest absolute Gasteiger partial charge is 0.240 e. The Morgan fingerprint density at radius 3 is 2.46 bits per heavy atom. The highest BCUT2D eigenvalue weighted by Crippen LogP contribution is 2.12. The molecule has 0 saturated heterocycles. The van der Waals surface area contributed by atoms with Crippen molar-refractivity contribution in [2.45, 2.75) is 19.3 Å². The first-order chi connectivity index (χ1) is 11.5. The number of carbonyl (C=O) groups is 2. The Kier molecular flexibility index (Phi) is 7.34. The van der Waals surface area contributed by atoms with Crippen molar-refractivity contribution in [3.8, 4) is 0 Å². The third-order valence-corrected chi connectivity index (χ3v) is 4.22. The van der Waals surface area contributed by atoms with Gasteiger partial charge in [0.05, 0.1) is 6.21 Å². The Labute approximate surface area is 157 Å². The Bertz CT molecular complexity index is 743. The van der Waals surface area contributed by atoms with Gasteiger partial charge in [0.1, 0.15) is 5.78 Å². The number of carbonyl (C=O) groups excluding carboxylic acids is 2. The molecule has 124 valence electrons. The van der Waals surface area contributed by atoms with Gasteiger partial charge >= 0.3 is 0 Å². The highest BCUT2D eigenvalue weighted by Gasteiger charge is 2.07. The van der Waals surface area contributed by atoms with Crippen LogP contribution in [0, 0.1) is 0 Å². The number of amides is 1. The summed E-state index contributed by atoms with van der Waals surface area (Å²) in [6, 6.07) is 15.1. The van der Waals surface area contributed by atoms with Gasteiger partial charge in [0, 0.05) is 28.2 Å². The van der Waals surface area contributed by atoms with Gasteiger partial charge < -0.3 is 0 Å². The standard InChI is InChI=1S/C18H16Br2N2O2/c19-15-6-4-13(5-7-15)11-17(23)8-9-18(24)22-21-12-14-2-1-3-16(20)10-14/h1-7,10,12H,8-9,11H2,(H,22,24)/b21-12+. The van der Waals surface area contributed by atoms with E-state index >= 15 is 0 Å². The van der Waals surface area contributed by atoms with Gasteiger partial charge in [-0.3, -0.25) is 9.59 Å². The van der Waals surface area contributed by atoms with Crippen LogP contribution in [0.15, 0.2) is 62.6 Å². The number of Topliss-reactive ketones (excluding diaryl/α,β-unsaturated/α-hetero) is 1. The summed E-state index contributed by atoms with van der Waals surface area (Å²) in [7, 11) is 0. The number of nitrogens with zero attached hydrogens (tertiary/aromatic N) is 1. The molecule has 1 amide bonds. The largest absolute Gasteiger partial charge is 0.299 e. The molecule has 0 unspecified atom stereocenters. The Morgan fingerprint density at radius 2 is 1.75 bits per heavy atom. The van der Waals surface area contributed by atoms with Crippen LogP contribution in [-0.2, 0) is 16.0 Å². The number of hydrazone groups is 1. The summed E-state index contributed by atoms with van der Waals surface area (Å²) in [5.74, 6) is -0.242. The van der Waals surface area contributed by atoms with Gasteiger partial charge in [-0.15, -0.1) is 0 Å². The van der Waals surface area contributed by atoms with Crippen molar-refractivity contribution < 1.29 is 9.59 Å². The first-order valence-electron chi connectivity index (χ1n) is 7.36. The maximum atomic E-state index is 11.9. The van der Waals surface area contributed by atoms with E-state index in [-0.39, 0.29) is 24.5 Å². The molecule has 0 aromatic heterocycles. The van der Waals surface area contributed by atoms with Gasteiger partial charge in [0.2, 0.25) is 5.91 Å². The third-order valence-electron chi connectivity index (χ3n) is 3.20. The van der Waals surface area contributed by atoms with E-state index in [4.69, 9.17) is 0 Å². The molecule has 0 bridgehead atoms. The third kappa shape index (κ3) is 6.76. The van der Waals surface area contributed by atoms with Crippen molar-refractivity contribution in [3.63, 3.8) is 0 Å². The highest BCUT2D eigenvalue weighted by atomic mass is 79.9. The molecule has 0 aliphatic heterocycles. The number of benzene rings is 2. The first kappa shape index (κ1) is 18.5. The zero-order valence-electron chi connectivity index (χ0n) is 12.8. The van der Waals surface area contributed by atoms with Crippen LogP contribution in [0.3, 0.4) is 0 Å². The predicted octanol–water partition coefficient (Wildman–Crippen LogP) is 4.25. The van der Waals surface area contributed by atoms with E-state index in [1.54, 1.807) is 6.21 Å². The van der Waals surface area contributed by atoms with E-state index in [1.807, 2.05) is 48.5 Å². The minimum absolute atomic E-state index is 0.0310. The van der Waals surface area contributed by atoms with Crippen molar-refractivity contribution in [3.05, 3.63) is 68.6 Å². The zero-order valence-corrected chi connectivity index (χ0v) is 16.0. The quantitative estimate of drug-likeness (QED) is 0.505. The number of ketones is 1.